The standard InChI is InChI=1S/C18H16N4O2/c1-12-6-7-16-14(9-12)17(23)15(11-22(16)2)18(24)21-20-10-13-5-3-4-8-19-13/h3-11H,1-2H3,(H,21,24)/b20-10+. The Balaban J connectivity index is 1.91. The molecule has 1 N–H and O–H groups in total. The topological polar surface area (TPSA) is 76.3 Å². The molecule has 3 rings (SSSR count). The molecular formula is C18H16N4O2. The van der Waals surface area contributed by atoms with Crippen LogP contribution in [0.2, 0.25) is 0 Å². The van der Waals surface area contributed by atoms with Crippen molar-refractivity contribution in [3.05, 3.63) is 75.8 Å². The molecule has 24 heavy (non-hydrogen) atoms. The molecule has 0 aliphatic heterocycles. The average Bonchev–Trinajstić information content (AvgIpc) is 2.58. The normalized spacial score (nSPS) is 11.1. The van der Waals surface area contributed by atoms with E-state index >= 15 is 0 Å². The van der Waals surface area contributed by atoms with Crippen LogP contribution in [0.1, 0.15) is 21.6 Å². The number of nitrogens with one attached hydrogen (secondary N) is 1. The van der Waals surface area contributed by atoms with Crippen molar-refractivity contribution in [2.75, 3.05) is 0 Å². The van der Waals surface area contributed by atoms with Crippen LogP contribution < -0.4 is 10.9 Å². The van der Waals surface area contributed by atoms with Gasteiger partial charge in [0.2, 0.25) is 5.43 Å². The lowest BCUT2D eigenvalue weighted by molar-refractivity contribution is 0.0953. The van der Waals surface area contributed by atoms with Gasteiger partial charge in [-0.2, -0.15) is 5.10 Å². The van der Waals surface area contributed by atoms with Gasteiger partial charge in [0.25, 0.3) is 5.91 Å². The monoisotopic (exact) mass is 320 g/mol. The van der Waals surface area contributed by atoms with Crippen LogP contribution in [0, 0.1) is 6.92 Å². The number of hydrazone groups is 1. The second-order valence-electron chi connectivity index (χ2n) is 5.46. The third kappa shape index (κ3) is 3.08. The van der Waals surface area contributed by atoms with Crippen molar-refractivity contribution >= 4 is 23.0 Å². The lowest BCUT2D eigenvalue weighted by Crippen LogP contribution is -2.26. The van der Waals surface area contributed by atoms with Crippen LogP contribution in [0.3, 0.4) is 0 Å². The first-order chi connectivity index (χ1) is 11.6. The summed E-state index contributed by atoms with van der Waals surface area (Å²) >= 11 is 0. The molecule has 0 spiro atoms. The summed E-state index contributed by atoms with van der Waals surface area (Å²) in [5.41, 5.74) is 4.46. The van der Waals surface area contributed by atoms with Crippen LogP contribution in [-0.2, 0) is 7.05 Å². The molecule has 0 saturated carbocycles. The minimum atomic E-state index is -0.550. The van der Waals surface area contributed by atoms with Crippen molar-refractivity contribution in [3.63, 3.8) is 0 Å². The van der Waals surface area contributed by atoms with Gasteiger partial charge >= 0.3 is 0 Å². The van der Waals surface area contributed by atoms with E-state index in [1.807, 2.05) is 25.1 Å². The highest BCUT2D eigenvalue weighted by molar-refractivity contribution is 5.97. The number of aryl methyl sites for hydroxylation is 2. The third-order valence-corrected chi connectivity index (χ3v) is 3.64. The van der Waals surface area contributed by atoms with Crippen molar-refractivity contribution in [2.24, 2.45) is 12.1 Å². The van der Waals surface area contributed by atoms with Gasteiger partial charge in [-0.1, -0.05) is 17.7 Å². The van der Waals surface area contributed by atoms with Crippen molar-refractivity contribution in [3.8, 4) is 0 Å². The van der Waals surface area contributed by atoms with Gasteiger partial charge in [0.1, 0.15) is 5.56 Å². The largest absolute Gasteiger partial charge is 0.350 e. The zero-order valence-corrected chi connectivity index (χ0v) is 13.4. The van der Waals surface area contributed by atoms with Crippen LogP contribution >= 0.6 is 0 Å². The number of rotatable bonds is 3. The highest BCUT2D eigenvalue weighted by Gasteiger charge is 2.14. The second-order valence-corrected chi connectivity index (χ2v) is 5.46. The van der Waals surface area contributed by atoms with E-state index in [1.165, 1.54) is 12.4 Å². The molecule has 6 nitrogen and oxygen atoms in total. The molecule has 1 amide bonds. The summed E-state index contributed by atoms with van der Waals surface area (Å²) in [6, 6.07) is 10.9. The van der Waals surface area contributed by atoms with E-state index in [4.69, 9.17) is 0 Å². The first-order valence-corrected chi connectivity index (χ1v) is 7.40. The molecule has 0 atom stereocenters. The number of hydrogen-bond acceptors (Lipinski definition) is 4. The summed E-state index contributed by atoms with van der Waals surface area (Å²) in [5, 5.41) is 4.36. The lowest BCUT2D eigenvalue weighted by Gasteiger charge is -2.08. The van der Waals surface area contributed by atoms with Crippen molar-refractivity contribution in [1.82, 2.24) is 15.0 Å². The Morgan fingerprint density at radius 3 is 2.88 bits per heavy atom. The zero-order valence-electron chi connectivity index (χ0n) is 13.4. The summed E-state index contributed by atoms with van der Waals surface area (Å²) in [5.74, 6) is -0.550. The van der Waals surface area contributed by atoms with Crippen LogP contribution in [0.4, 0.5) is 0 Å². The predicted molar refractivity (Wildman–Crippen MR) is 93.2 cm³/mol. The van der Waals surface area contributed by atoms with E-state index in [2.05, 4.69) is 15.5 Å². The Morgan fingerprint density at radius 2 is 2.12 bits per heavy atom. The maximum Gasteiger partial charge on any atom is 0.276 e. The number of pyridine rings is 2. The summed E-state index contributed by atoms with van der Waals surface area (Å²) in [4.78, 5) is 28.9. The molecule has 0 fully saturated rings. The van der Waals surface area contributed by atoms with Crippen molar-refractivity contribution < 1.29 is 4.79 Å². The molecule has 2 heterocycles. The Hall–Kier alpha value is -3.28. The highest BCUT2D eigenvalue weighted by atomic mass is 16.2. The van der Waals surface area contributed by atoms with E-state index in [-0.39, 0.29) is 11.0 Å². The number of carbonyl (C=O) groups excluding carboxylic acids is 1. The Labute approximate surface area is 138 Å². The summed E-state index contributed by atoms with van der Waals surface area (Å²) in [7, 11) is 1.80. The molecule has 1 aromatic carbocycles. The first-order valence-electron chi connectivity index (χ1n) is 7.40. The van der Waals surface area contributed by atoms with Gasteiger partial charge in [-0.3, -0.25) is 14.6 Å². The Kier molecular flexibility index (Phi) is 4.20. The summed E-state index contributed by atoms with van der Waals surface area (Å²) in [6.45, 7) is 1.91. The minimum Gasteiger partial charge on any atom is -0.350 e. The molecule has 0 bridgehead atoms. The fraction of sp³-hybridized carbons (Fsp3) is 0.111. The van der Waals surface area contributed by atoms with Gasteiger partial charge in [0.15, 0.2) is 0 Å². The molecule has 0 radical (unpaired) electrons. The maximum absolute atomic E-state index is 12.6. The van der Waals surface area contributed by atoms with Gasteiger partial charge < -0.3 is 4.57 Å². The van der Waals surface area contributed by atoms with Crippen LogP contribution in [0.5, 0.6) is 0 Å². The number of hydrogen-bond donors (Lipinski definition) is 1. The van der Waals surface area contributed by atoms with Gasteiger partial charge in [-0.05, 0) is 31.2 Å². The summed E-state index contributed by atoms with van der Waals surface area (Å²) < 4.78 is 1.76. The molecular weight excluding hydrogens is 304 g/mol. The molecule has 0 aliphatic carbocycles. The number of benzene rings is 1. The zero-order chi connectivity index (χ0) is 17.1. The molecule has 120 valence electrons. The van der Waals surface area contributed by atoms with E-state index in [0.717, 1.165) is 11.1 Å². The summed E-state index contributed by atoms with van der Waals surface area (Å²) in [6.07, 6.45) is 4.57. The minimum absolute atomic E-state index is 0.0498. The predicted octanol–water partition coefficient (Wildman–Crippen LogP) is 2.01. The van der Waals surface area contributed by atoms with Crippen molar-refractivity contribution in [1.29, 1.82) is 0 Å². The molecule has 0 aliphatic rings. The fourth-order valence-corrected chi connectivity index (χ4v) is 2.44. The van der Waals surface area contributed by atoms with Gasteiger partial charge in [0.05, 0.1) is 17.4 Å². The van der Waals surface area contributed by atoms with Gasteiger partial charge in [-0.15, -0.1) is 0 Å². The number of carbonyl (C=O) groups is 1. The fourth-order valence-electron chi connectivity index (χ4n) is 2.44. The number of aromatic nitrogens is 2. The van der Waals surface area contributed by atoms with E-state index in [1.54, 1.807) is 36.0 Å². The maximum atomic E-state index is 12.6. The molecule has 0 saturated heterocycles. The lowest BCUT2D eigenvalue weighted by atomic mass is 10.1. The van der Waals surface area contributed by atoms with E-state index in [0.29, 0.717) is 11.1 Å². The van der Waals surface area contributed by atoms with Crippen LogP contribution in [-0.4, -0.2) is 21.7 Å². The van der Waals surface area contributed by atoms with E-state index in [9.17, 15) is 9.59 Å². The van der Waals surface area contributed by atoms with Crippen LogP contribution in [0.15, 0.2) is 58.7 Å². The Morgan fingerprint density at radius 1 is 1.29 bits per heavy atom. The van der Waals surface area contributed by atoms with Gasteiger partial charge in [-0.25, -0.2) is 5.43 Å². The third-order valence-electron chi connectivity index (χ3n) is 3.64. The quantitative estimate of drug-likeness (QED) is 0.592. The molecule has 0 unspecified atom stereocenters. The number of amides is 1. The highest BCUT2D eigenvalue weighted by Crippen LogP contribution is 2.13. The smallest absolute Gasteiger partial charge is 0.276 e. The molecule has 3 aromatic rings. The second kappa shape index (κ2) is 6.45. The number of nitrogens with zero attached hydrogens (tertiary/aromatic N) is 3. The SMILES string of the molecule is Cc1ccc2c(c1)c(=O)c(C(=O)N/N=C/c1ccccn1)cn2C. The van der Waals surface area contributed by atoms with Crippen LogP contribution in [0.25, 0.3) is 10.9 Å². The average molecular weight is 320 g/mol. The molecule has 2 aromatic heterocycles. The first kappa shape index (κ1) is 15.6. The van der Waals surface area contributed by atoms with E-state index < -0.39 is 5.91 Å². The molecule has 6 heteroatoms. The van der Waals surface area contributed by atoms with Crippen molar-refractivity contribution in [2.45, 2.75) is 6.92 Å². The van der Waals surface area contributed by atoms with Gasteiger partial charge in [0, 0.05) is 24.8 Å². The number of fused-ring (bicyclic) bond motifs is 1. The Bertz CT molecular complexity index is 991.